The summed E-state index contributed by atoms with van der Waals surface area (Å²) in [6.45, 7) is 4.76. The zero-order valence-electron chi connectivity index (χ0n) is 18.7. The molecule has 0 aliphatic carbocycles. The predicted octanol–water partition coefficient (Wildman–Crippen LogP) is 4.01. The smallest absolute Gasteiger partial charge is 0.159 e. The molecule has 0 bridgehead atoms. The summed E-state index contributed by atoms with van der Waals surface area (Å²) in [7, 11) is 0. The van der Waals surface area contributed by atoms with Gasteiger partial charge >= 0.3 is 0 Å². The summed E-state index contributed by atoms with van der Waals surface area (Å²) in [5.74, 6) is 2.27. The normalized spacial score (nSPS) is 14.8. The van der Waals surface area contributed by atoms with Crippen molar-refractivity contribution in [2.24, 2.45) is 0 Å². The quantitative estimate of drug-likeness (QED) is 0.359. The summed E-state index contributed by atoms with van der Waals surface area (Å²) in [6, 6.07) is 22.0. The van der Waals surface area contributed by atoms with Crippen molar-refractivity contribution < 1.29 is 9.84 Å². The second kappa shape index (κ2) is 8.81. The SMILES string of the molecule is OCCN1CCN(c2ccc3nc(-c4n[nH]c5ccc(Oc6ccccc6)cc45)[nH]c3c2)CC1. The molecule has 6 rings (SSSR count). The molecule has 0 saturated carbocycles. The minimum atomic E-state index is 0.213. The second-order valence-electron chi connectivity index (χ2n) is 8.53. The van der Waals surface area contributed by atoms with Crippen molar-refractivity contribution in [1.82, 2.24) is 25.1 Å². The number of benzene rings is 3. The summed E-state index contributed by atoms with van der Waals surface area (Å²) in [6.07, 6.45) is 0. The van der Waals surface area contributed by atoms with Gasteiger partial charge < -0.3 is 19.7 Å². The van der Waals surface area contributed by atoms with Crippen molar-refractivity contribution in [3.8, 4) is 23.0 Å². The van der Waals surface area contributed by atoms with Crippen LogP contribution >= 0.6 is 0 Å². The molecule has 8 heteroatoms. The molecule has 34 heavy (non-hydrogen) atoms. The molecular formula is C26H26N6O2. The molecule has 3 N–H and O–H groups in total. The van der Waals surface area contributed by atoms with Gasteiger partial charge in [0.05, 0.1) is 23.2 Å². The highest BCUT2D eigenvalue weighted by atomic mass is 16.5. The van der Waals surface area contributed by atoms with Gasteiger partial charge in [0.25, 0.3) is 0 Å². The Morgan fingerprint density at radius 2 is 1.74 bits per heavy atom. The van der Waals surface area contributed by atoms with Crippen LogP contribution in [0.4, 0.5) is 5.69 Å². The number of aliphatic hydroxyl groups excluding tert-OH is 1. The standard InChI is InChI=1S/C26H26N6O2/c33-15-14-31-10-12-32(13-11-31)18-6-8-23-24(16-18)28-26(27-23)25-21-17-20(7-9-22(21)29-30-25)34-19-4-2-1-3-5-19/h1-9,16-17,33H,10-15H2,(H,27,28)(H,29,30). The van der Waals surface area contributed by atoms with E-state index in [2.05, 4.69) is 43.2 Å². The maximum atomic E-state index is 9.17. The molecule has 1 fully saturated rings. The van der Waals surface area contributed by atoms with Crippen LogP contribution in [-0.2, 0) is 0 Å². The molecule has 1 aliphatic heterocycles. The number of ether oxygens (including phenoxy) is 1. The number of aliphatic hydroxyl groups is 1. The van der Waals surface area contributed by atoms with Crippen molar-refractivity contribution in [1.29, 1.82) is 0 Å². The van der Waals surface area contributed by atoms with Crippen molar-refractivity contribution in [3.63, 3.8) is 0 Å². The third-order valence-electron chi connectivity index (χ3n) is 6.36. The van der Waals surface area contributed by atoms with Crippen LogP contribution in [0.25, 0.3) is 33.5 Å². The van der Waals surface area contributed by atoms with Crippen molar-refractivity contribution in [2.45, 2.75) is 0 Å². The number of hydrogen-bond donors (Lipinski definition) is 3. The summed E-state index contributed by atoms with van der Waals surface area (Å²) < 4.78 is 6.02. The number of anilines is 1. The van der Waals surface area contributed by atoms with E-state index in [1.165, 1.54) is 5.69 Å². The Labute approximate surface area is 196 Å². The molecular weight excluding hydrogens is 428 g/mol. The van der Waals surface area contributed by atoms with Gasteiger partial charge in [0, 0.05) is 43.8 Å². The minimum Gasteiger partial charge on any atom is -0.457 e. The van der Waals surface area contributed by atoms with Crippen molar-refractivity contribution >= 4 is 27.6 Å². The van der Waals surface area contributed by atoms with Crippen molar-refractivity contribution in [2.75, 3.05) is 44.2 Å². The zero-order valence-corrected chi connectivity index (χ0v) is 18.7. The minimum absolute atomic E-state index is 0.213. The largest absolute Gasteiger partial charge is 0.457 e. The van der Waals surface area contributed by atoms with E-state index < -0.39 is 0 Å². The lowest BCUT2D eigenvalue weighted by molar-refractivity contribution is 0.189. The fourth-order valence-electron chi connectivity index (χ4n) is 4.54. The van der Waals surface area contributed by atoms with Gasteiger partial charge in [-0.3, -0.25) is 10.00 Å². The number of nitrogens with one attached hydrogen (secondary N) is 2. The number of imidazole rings is 1. The summed E-state index contributed by atoms with van der Waals surface area (Å²) in [5.41, 5.74) is 4.77. The Morgan fingerprint density at radius 3 is 2.56 bits per heavy atom. The highest BCUT2D eigenvalue weighted by Gasteiger charge is 2.18. The Hall–Kier alpha value is -3.88. The monoisotopic (exact) mass is 454 g/mol. The number of rotatable bonds is 6. The summed E-state index contributed by atoms with van der Waals surface area (Å²) in [5, 5.41) is 17.8. The molecule has 0 radical (unpaired) electrons. The first-order valence-electron chi connectivity index (χ1n) is 11.6. The van der Waals surface area contributed by atoms with Crippen molar-refractivity contribution in [3.05, 3.63) is 66.7 Å². The van der Waals surface area contributed by atoms with E-state index in [0.717, 1.165) is 77.7 Å². The van der Waals surface area contributed by atoms with E-state index in [0.29, 0.717) is 0 Å². The van der Waals surface area contributed by atoms with Gasteiger partial charge in [-0.15, -0.1) is 0 Å². The van der Waals surface area contributed by atoms with E-state index in [1.807, 2.05) is 48.5 Å². The van der Waals surface area contributed by atoms with Crippen LogP contribution in [0.2, 0.25) is 0 Å². The molecule has 1 saturated heterocycles. The number of hydrogen-bond acceptors (Lipinski definition) is 6. The fraction of sp³-hybridized carbons (Fsp3) is 0.231. The van der Waals surface area contributed by atoms with E-state index in [-0.39, 0.29) is 6.61 Å². The van der Waals surface area contributed by atoms with Crippen LogP contribution in [-0.4, -0.2) is 69.5 Å². The molecule has 3 aromatic carbocycles. The highest BCUT2D eigenvalue weighted by molar-refractivity contribution is 5.94. The number of para-hydroxylation sites is 1. The molecule has 8 nitrogen and oxygen atoms in total. The molecule has 3 heterocycles. The molecule has 5 aromatic rings. The average Bonchev–Trinajstić information content (AvgIpc) is 3.48. The second-order valence-corrected chi connectivity index (χ2v) is 8.53. The first-order valence-corrected chi connectivity index (χ1v) is 11.6. The number of β-amino-alcohol motifs (C(OH)–C–C–N with tert-alkyl or cyclic N) is 1. The van der Waals surface area contributed by atoms with Gasteiger partial charge in [-0.1, -0.05) is 18.2 Å². The number of H-pyrrole nitrogens is 2. The Morgan fingerprint density at radius 1 is 0.882 bits per heavy atom. The van der Waals surface area contributed by atoms with Gasteiger partial charge in [0.2, 0.25) is 0 Å². The number of fused-ring (bicyclic) bond motifs is 2. The van der Waals surface area contributed by atoms with E-state index in [1.54, 1.807) is 0 Å². The number of nitrogens with zero attached hydrogens (tertiary/aromatic N) is 4. The molecule has 172 valence electrons. The summed E-state index contributed by atoms with van der Waals surface area (Å²) >= 11 is 0. The van der Waals surface area contributed by atoms with Gasteiger partial charge in [-0.2, -0.15) is 5.10 Å². The summed E-state index contributed by atoms with van der Waals surface area (Å²) in [4.78, 5) is 12.9. The Balaban J connectivity index is 1.28. The predicted molar refractivity (Wildman–Crippen MR) is 133 cm³/mol. The number of piperazine rings is 1. The lowest BCUT2D eigenvalue weighted by atomic mass is 10.2. The fourth-order valence-corrected chi connectivity index (χ4v) is 4.54. The third kappa shape index (κ3) is 3.98. The number of aromatic amines is 2. The van der Waals surface area contributed by atoms with Crippen LogP contribution in [0.15, 0.2) is 66.7 Å². The maximum Gasteiger partial charge on any atom is 0.159 e. The van der Waals surface area contributed by atoms with Gasteiger partial charge in [0.15, 0.2) is 5.82 Å². The highest BCUT2D eigenvalue weighted by Crippen LogP contribution is 2.31. The van der Waals surface area contributed by atoms with Crippen LogP contribution in [0.5, 0.6) is 11.5 Å². The topological polar surface area (TPSA) is 93.3 Å². The average molecular weight is 455 g/mol. The van der Waals surface area contributed by atoms with Gasteiger partial charge in [-0.05, 0) is 48.5 Å². The van der Waals surface area contributed by atoms with E-state index >= 15 is 0 Å². The number of aromatic nitrogens is 4. The Kier molecular flexibility index (Phi) is 5.37. The van der Waals surface area contributed by atoms with Crippen LogP contribution in [0.3, 0.4) is 0 Å². The first-order chi connectivity index (χ1) is 16.8. The molecule has 2 aromatic heterocycles. The Bertz CT molecular complexity index is 1420. The molecule has 0 spiro atoms. The third-order valence-corrected chi connectivity index (χ3v) is 6.36. The lowest BCUT2D eigenvalue weighted by Gasteiger charge is -2.35. The molecule has 0 unspecified atom stereocenters. The van der Waals surface area contributed by atoms with Crippen LogP contribution in [0, 0.1) is 0 Å². The molecule has 0 amide bonds. The molecule has 0 atom stereocenters. The zero-order chi connectivity index (χ0) is 22.9. The van der Waals surface area contributed by atoms with Gasteiger partial charge in [0.1, 0.15) is 17.2 Å². The van der Waals surface area contributed by atoms with E-state index in [9.17, 15) is 0 Å². The maximum absolute atomic E-state index is 9.17. The molecule has 1 aliphatic rings. The van der Waals surface area contributed by atoms with E-state index in [4.69, 9.17) is 14.8 Å². The van der Waals surface area contributed by atoms with Gasteiger partial charge in [-0.25, -0.2) is 4.98 Å². The first kappa shape index (κ1) is 20.7. The van der Waals surface area contributed by atoms with Crippen LogP contribution in [0.1, 0.15) is 0 Å². The van der Waals surface area contributed by atoms with Crippen LogP contribution < -0.4 is 9.64 Å². The lowest BCUT2D eigenvalue weighted by Crippen LogP contribution is -2.47.